The third-order valence-electron chi connectivity index (χ3n) is 6.17. The number of benzene rings is 1. The molecule has 1 aromatic carbocycles. The zero-order valence-electron chi connectivity index (χ0n) is 16.7. The summed E-state index contributed by atoms with van der Waals surface area (Å²) in [6, 6.07) is 9.75. The van der Waals surface area contributed by atoms with Crippen LogP contribution in [0.5, 0.6) is 0 Å². The summed E-state index contributed by atoms with van der Waals surface area (Å²) in [5.74, 6) is 0. The van der Waals surface area contributed by atoms with Crippen LogP contribution in [-0.2, 0) is 19.4 Å². The van der Waals surface area contributed by atoms with Crippen molar-refractivity contribution in [3.05, 3.63) is 68.8 Å². The Balaban J connectivity index is 1.53. The summed E-state index contributed by atoms with van der Waals surface area (Å²) in [4.78, 5) is 16.8. The molecular weight excluding hydrogens is 402 g/mol. The second kappa shape index (κ2) is 7.22. The minimum absolute atomic E-state index is 0.0234. The highest BCUT2D eigenvalue weighted by atomic mass is 35.5. The molecule has 0 saturated heterocycles. The first-order valence-electron chi connectivity index (χ1n) is 10.2. The molecule has 3 aromatic rings. The number of rotatable bonds is 1. The molecule has 150 valence electrons. The van der Waals surface area contributed by atoms with E-state index in [1.54, 1.807) is 0 Å². The van der Waals surface area contributed by atoms with Crippen LogP contribution in [0.1, 0.15) is 53.1 Å². The molecule has 1 aliphatic carbocycles. The summed E-state index contributed by atoms with van der Waals surface area (Å²) < 4.78 is 2.29. The van der Waals surface area contributed by atoms with Crippen LogP contribution >= 0.6 is 22.9 Å². The largest absolute Gasteiger partial charge is 0.322 e. The number of hydrogen-bond donors (Lipinski definition) is 1. The van der Waals surface area contributed by atoms with Crippen molar-refractivity contribution >= 4 is 34.7 Å². The van der Waals surface area contributed by atoms with Crippen molar-refractivity contribution in [1.82, 2.24) is 9.47 Å². The summed E-state index contributed by atoms with van der Waals surface area (Å²) in [5.41, 5.74) is 5.68. The first-order valence-corrected chi connectivity index (χ1v) is 11.4. The predicted molar refractivity (Wildman–Crippen MR) is 119 cm³/mol. The molecule has 4 nitrogen and oxygen atoms in total. The Morgan fingerprint density at radius 3 is 2.86 bits per heavy atom. The van der Waals surface area contributed by atoms with E-state index in [1.165, 1.54) is 33.8 Å². The van der Waals surface area contributed by atoms with Crippen LogP contribution in [0.4, 0.5) is 10.5 Å². The molecule has 29 heavy (non-hydrogen) atoms. The standard InChI is InChI=1S/C23H24ClN3OS/c1-14-9-10-16(12-19(14)24)25-23(28)27-13-18-17-6-3-4-8-21(17)29-22(18)26-11-5-7-20(26)15(27)2/h5,7,9-12,15H,3-4,6,8,13H2,1-2H3,(H,25,28). The van der Waals surface area contributed by atoms with Crippen LogP contribution < -0.4 is 5.32 Å². The minimum atomic E-state index is -0.0891. The molecular formula is C23H24ClN3OS. The third kappa shape index (κ3) is 3.17. The van der Waals surface area contributed by atoms with Gasteiger partial charge >= 0.3 is 6.03 Å². The molecule has 0 saturated carbocycles. The van der Waals surface area contributed by atoms with Gasteiger partial charge in [-0.25, -0.2) is 4.79 Å². The van der Waals surface area contributed by atoms with Gasteiger partial charge in [-0.3, -0.25) is 0 Å². The van der Waals surface area contributed by atoms with Gasteiger partial charge in [-0.2, -0.15) is 0 Å². The minimum Gasteiger partial charge on any atom is -0.312 e. The van der Waals surface area contributed by atoms with Crippen molar-refractivity contribution in [3.63, 3.8) is 0 Å². The fraction of sp³-hybridized carbons (Fsp3) is 0.348. The van der Waals surface area contributed by atoms with Crippen LogP contribution in [0.25, 0.3) is 5.00 Å². The number of nitrogens with zero attached hydrogens (tertiary/aromatic N) is 2. The summed E-state index contributed by atoms with van der Waals surface area (Å²) in [6.45, 7) is 4.70. The van der Waals surface area contributed by atoms with Gasteiger partial charge in [0, 0.05) is 33.0 Å². The van der Waals surface area contributed by atoms with Gasteiger partial charge in [-0.15, -0.1) is 11.3 Å². The first kappa shape index (κ1) is 18.8. The summed E-state index contributed by atoms with van der Waals surface area (Å²) in [6.07, 6.45) is 6.91. The number of carbonyl (C=O) groups is 1. The van der Waals surface area contributed by atoms with Crippen LogP contribution in [0.3, 0.4) is 0 Å². The normalized spacial score (nSPS) is 17.9. The van der Waals surface area contributed by atoms with Crippen LogP contribution in [0.2, 0.25) is 5.02 Å². The number of amides is 2. The number of fused-ring (bicyclic) bond motifs is 5. The van der Waals surface area contributed by atoms with Crippen molar-refractivity contribution in [1.29, 1.82) is 0 Å². The molecule has 1 unspecified atom stereocenters. The molecule has 0 bridgehead atoms. The Bertz CT molecular complexity index is 1100. The number of anilines is 1. The van der Waals surface area contributed by atoms with Crippen molar-refractivity contribution in [2.75, 3.05) is 5.32 Å². The van der Waals surface area contributed by atoms with E-state index in [0.29, 0.717) is 11.6 Å². The Labute approximate surface area is 180 Å². The van der Waals surface area contributed by atoms with Gasteiger partial charge in [0.25, 0.3) is 0 Å². The maximum atomic E-state index is 13.3. The lowest BCUT2D eigenvalue weighted by Crippen LogP contribution is -2.36. The molecule has 5 rings (SSSR count). The van der Waals surface area contributed by atoms with E-state index in [1.807, 2.05) is 41.4 Å². The molecule has 1 N–H and O–H groups in total. The Morgan fingerprint density at radius 1 is 1.21 bits per heavy atom. The number of halogens is 1. The van der Waals surface area contributed by atoms with E-state index in [9.17, 15) is 4.79 Å². The molecule has 0 spiro atoms. The second-order valence-corrected chi connectivity index (χ2v) is 9.49. The number of nitrogens with one attached hydrogen (secondary N) is 1. The number of thiophene rings is 1. The van der Waals surface area contributed by atoms with Crippen molar-refractivity contribution < 1.29 is 4.79 Å². The predicted octanol–water partition coefficient (Wildman–Crippen LogP) is 6.49. The van der Waals surface area contributed by atoms with E-state index in [-0.39, 0.29) is 12.1 Å². The molecule has 2 aromatic heterocycles. The maximum Gasteiger partial charge on any atom is 0.322 e. The van der Waals surface area contributed by atoms with E-state index < -0.39 is 0 Å². The molecule has 0 fully saturated rings. The average molecular weight is 426 g/mol. The number of urea groups is 1. The zero-order chi connectivity index (χ0) is 20.1. The van der Waals surface area contributed by atoms with Crippen molar-refractivity contribution in [3.8, 4) is 5.00 Å². The quantitative estimate of drug-likeness (QED) is 0.475. The van der Waals surface area contributed by atoms with Gasteiger partial charge in [0.15, 0.2) is 0 Å². The first-order chi connectivity index (χ1) is 14.0. The van der Waals surface area contributed by atoms with Crippen LogP contribution in [0, 0.1) is 6.92 Å². The number of aromatic nitrogens is 1. The van der Waals surface area contributed by atoms with Gasteiger partial charge in [0.1, 0.15) is 5.00 Å². The lowest BCUT2D eigenvalue weighted by Gasteiger charge is -2.28. The highest BCUT2D eigenvalue weighted by Crippen LogP contribution is 2.42. The Morgan fingerprint density at radius 2 is 2.03 bits per heavy atom. The van der Waals surface area contributed by atoms with E-state index in [2.05, 4.69) is 35.1 Å². The Hall–Kier alpha value is -2.24. The number of carbonyl (C=O) groups excluding carboxylic acids is 1. The molecule has 1 aliphatic heterocycles. The molecule has 1 atom stereocenters. The van der Waals surface area contributed by atoms with E-state index >= 15 is 0 Å². The smallest absolute Gasteiger partial charge is 0.312 e. The fourth-order valence-electron chi connectivity index (χ4n) is 4.47. The van der Waals surface area contributed by atoms with Crippen molar-refractivity contribution in [2.24, 2.45) is 0 Å². The van der Waals surface area contributed by atoms with Gasteiger partial charge in [-0.1, -0.05) is 17.7 Å². The van der Waals surface area contributed by atoms with Crippen LogP contribution in [0.15, 0.2) is 36.5 Å². The summed E-state index contributed by atoms with van der Waals surface area (Å²) in [5, 5.41) is 5.01. The van der Waals surface area contributed by atoms with Crippen molar-refractivity contribution in [2.45, 2.75) is 52.1 Å². The topological polar surface area (TPSA) is 37.3 Å². The Kier molecular flexibility index (Phi) is 4.67. The lowest BCUT2D eigenvalue weighted by atomic mass is 9.95. The van der Waals surface area contributed by atoms with E-state index in [4.69, 9.17) is 11.6 Å². The van der Waals surface area contributed by atoms with Gasteiger partial charge in [0.2, 0.25) is 0 Å². The summed E-state index contributed by atoms with van der Waals surface area (Å²) in [7, 11) is 0. The number of hydrogen-bond acceptors (Lipinski definition) is 2. The summed E-state index contributed by atoms with van der Waals surface area (Å²) >= 11 is 8.16. The molecule has 2 aliphatic rings. The third-order valence-corrected chi connectivity index (χ3v) is 7.91. The lowest BCUT2D eigenvalue weighted by molar-refractivity contribution is 0.189. The van der Waals surface area contributed by atoms with Crippen LogP contribution in [-0.4, -0.2) is 15.5 Å². The monoisotopic (exact) mass is 425 g/mol. The highest BCUT2D eigenvalue weighted by Gasteiger charge is 2.33. The number of aryl methyl sites for hydroxylation is 2. The molecule has 3 heterocycles. The molecule has 0 radical (unpaired) electrons. The van der Waals surface area contributed by atoms with Gasteiger partial charge < -0.3 is 14.8 Å². The highest BCUT2D eigenvalue weighted by molar-refractivity contribution is 7.15. The average Bonchev–Trinajstić information content (AvgIpc) is 3.30. The second-order valence-electron chi connectivity index (χ2n) is 8.00. The van der Waals surface area contributed by atoms with Gasteiger partial charge in [-0.05, 0) is 74.9 Å². The zero-order valence-corrected chi connectivity index (χ0v) is 18.2. The SMILES string of the molecule is Cc1ccc(NC(=O)N2Cc3c(sc4c3CCCC4)-n3cccc3C2C)cc1Cl. The molecule has 6 heteroatoms. The fourth-order valence-corrected chi connectivity index (χ4v) is 6.06. The maximum absolute atomic E-state index is 13.3. The van der Waals surface area contributed by atoms with Gasteiger partial charge in [0.05, 0.1) is 12.6 Å². The van der Waals surface area contributed by atoms with E-state index in [0.717, 1.165) is 29.8 Å². The molecule has 2 amide bonds.